The Morgan fingerprint density at radius 1 is 1.11 bits per heavy atom. The van der Waals surface area contributed by atoms with Crippen molar-refractivity contribution in [2.45, 2.75) is 38.3 Å². The van der Waals surface area contributed by atoms with Gasteiger partial charge < -0.3 is 19.7 Å². The van der Waals surface area contributed by atoms with Crippen LogP contribution >= 0.6 is 11.3 Å². The summed E-state index contributed by atoms with van der Waals surface area (Å²) in [7, 11) is 0. The van der Waals surface area contributed by atoms with E-state index in [1.165, 1.54) is 35.7 Å². The third-order valence-electron chi connectivity index (χ3n) is 5.55. The van der Waals surface area contributed by atoms with E-state index >= 15 is 0 Å². The standard InChI is InChI=1S/C20H26N4O2S/c1-2-9-24(8-1)20-21-11-17(27-20)13-23-7-3-4-16(12-23)22-15-5-6-18-19(10-15)26-14-25-18/h5-6,10-11,16,22H,1-4,7-9,12-14H2. The zero-order valence-electron chi connectivity index (χ0n) is 15.5. The first-order valence-corrected chi connectivity index (χ1v) is 10.7. The quantitative estimate of drug-likeness (QED) is 0.848. The number of likely N-dealkylation sites (tertiary alicyclic amines) is 1. The Morgan fingerprint density at radius 3 is 2.93 bits per heavy atom. The monoisotopic (exact) mass is 386 g/mol. The van der Waals surface area contributed by atoms with Gasteiger partial charge in [0.05, 0.1) is 0 Å². The van der Waals surface area contributed by atoms with Crippen LogP contribution in [0.2, 0.25) is 0 Å². The van der Waals surface area contributed by atoms with Crippen LogP contribution in [0.15, 0.2) is 24.4 Å². The van der Waals surface area contributed by atoms with Crippen LogP contribution in [0.5, 0.6) is 11.5 Å². The number of anilines is 2. The fraction of sp³-hybridized carbons (Fsp3) is 0.550. The summed E-state index contributed by atoms with van der Waals surface area (Å²) in [5.74, 6) is 1.68. The van der Waals surface area contributed by atoms with Gasteiger partial charge >= 0.3 is 0 Å². The molecule has 4 heterocycles. The highest BCUT2D eigenvalue weighted by Crippen LogP contribution is 2.35. The third-order valence-corrected chi connectivity index (χ3v) is 6.59. The molecule has 0 radical (unpaired) electrons. The predicted molar refractivity (Wildman–Crippen MR) is 108 cm³/mol. The molecule has 2 aromatic rings. The zero-order valence-corrected chi connectivity index (χ0v) is 16.3. The number of hydrogen-bond acceptors (Lipinski definition) is 7. The minimum Gasteiger partial charge on any atom is -0.454 e. The van der Waals surface area contributed by atoms with Crippen LogP contribution in [0, 0.1) is 0 Å². The minimum atomic E-state index is 0.324. The molecule has 0 aliphatic carbocycles. The van der Waals surface area contributed by atoms with Gasteiger partial charge in [-0.2, -0.15) is 0 Å². The molecular formula is C20H26N4O2S. The summed E-state index contributed by atoms with van der Waals surface area (Å²) in [5, 5.41) is 4.88. The number of ether oxygens (including phenoxy) is 2. The molecule has 1 unspecified atom stereocenters. The number of nitrogens with one attached hydrogen (secondary N) is 1. The molecule has 144 valence electrons. The van der Waals surface area contributed by atoms with Gasteiger partial charge in [0, 0.05) is 55.0 Å². The van der Waals surface area contributed by atoms with Crippen LogP contribution in [0.1, 0.15) is 30.6 Å². The summed E-state index contributed by atoms with van der Waals surface area (Å²) < 4.78 is 10.9. The molecule has 2 saturated heterocycles. The largest absolute Gasteiger partial charge is 0.454 e. The maximum Gasteiger partial charge on any atom is 0.231 e. The van der Waals surface area contributed by atoms with Crippen LogP contribution in [0.4, 0.5) is 10.8 Å². The first-order chi connectivity index (χ1) is 13.3. The van der Waals surface area contributed by atoms with E-state index in [0.717, 1.165) is 49.9 Å². The van der Waals surface area contributed by atoms with Crippen molar-refractivity contribution in [1.29, 1.82) is 0 Å². The number of thiazole rings is 1. The molecule has 0 amide bonds. The van der Waals surface area contributed by atoms with E-state index in [4.69, 9.17) is 9.47 Å². The van der Waals surface area contributed by atoms with Crippen molar-refractivity contribution in [1.82, 2.24) is 9.88 Å². The number of piperidine rings is 1. The zero-order chi connectivity index (χ0) is 18.1. The van der Waals surface area contributed by atoms with Gasteiger partial charge in [0.1, 0.15) is 0 Å². The lowest BCUT2D eigenvalue weighted by molar-refractivity contribution is 0.174. The van der Waals surface area contributed by atoms with Gasteiger partial charge in [-0.05, 0) is 44.4 Å². The van der Waals surface area contributed by atoms with Gasteiger partial charge in [0.15, 0.2) is 16.6 Å². The summed E-state index contributed by atoms with van der Waals surface area (Å²) in [6.45, 7) is 5.88. The summed E-state index contributed by atoms with van der Waals surface area (Å²) in [6, 6.07) is 6.58. The Morgan fingerprint density at radius 2 is 2.00 bits per heavy atom. The molecular weight excluding hydrogens is 360 g/mol. The molecule has 6 nitrogen and oxygen atoms in total. The van der Waals surface area contributed by atoms with Crippen LogP contribution in [0.3, 0.4) is 0 Å². The summed E-state index contributed by atoms with van der Waals surface area (Å²) in [6.07, 6.45) is 7.10. The van der Waals surface area contributed by atoms with Gasteiger partial charge in [-0.1, -0.05) is 0 Å². The van der Waals surface area contributed by atoms with E-state index in [-0.39, 0.29) is 0 Å². The first kappa shape index (κ1) is 17.1. The Hall–Kier alpha value is -1.99. The molecule has 2 fully saturated rings. The van der Waals surface area contributed by atoms with Crippen molar-refractivity contribution in [2.24, 2.45) is 0 Å². The van der Waals surface area contributed by atoms with E-state index in [2.05, 4.69) is 32.4 Å². The SMILES string of the molecule is c1cc2c(cc1NC1CCCN(Cc3cnc(N4CCCC4)s3)C1)OCO2. The molecule has 0 bridgehead atoms. The van der Waals surface area contributed by atoms with E-state index < -0.39 is 0 Å². The van der Waals surface area contributed by atoms with Crippen LogP contribution in [-0.2, 0) is 6.54 Å². The van der Waals surface area contributed by atoms with E-state index in [1.807, 2.05) is 23.5 Å². The molecule has 1 N–H and O–H groups in total. The van der Waals surface area contributed by atoms with Crippen LogP contribution in [-0.4, -0.2) is 48.9 Å². The molecule has 1 aromatic heterocycles. The Balaban J connectivity index is 1.18. The van der Waals surface area contributed by atoms with Crippen molar-refractivity contribution in [3.63, 3.8) is 0 Å². The molecule has 27 heavy (non-hydrogen) atoms. The van der Waals surface area contributed by atoms with Crippen molar-refractivity contribution >= 4 is 22.2 Å². The molecule has 1 aromatic carbocycles. The number of hydrogen-bond donors (Lipinski definition) is 1. The molecule has 0 saturated carbocycles. The number of benzene rings is 1. The minimum absolute atomic E-state index is 0.324. The fourth-order valence-corrected chi connectivity index (χ4v) is 5.19. The number of rotatable bonds is 5. The molecule has 1 atom stereocenters. The highest BCUT2D eigenvalue weighted by molar-refractivity contribution is 7.15. The average molecular weight is 387 g/mol. The Bertz CT molecular complexity index is 790. The van der Waals surface area contributed by atoms with Gasteiger partial charge in [0.2, 0.25) is 6.79 Å². The van der Waals surface area contributed by atoms with Crippen molar-refractivity contribution in [3.05, 3.63) is 29.3 Å². The lowest BCUT2D eigenvalue weighted by Crippen LogP contribution is -2.41. The van der Waals surface area contributed by atoms with Crippen LogP contribution < -0.4 is 19.7 Å². The van der Waals surface area contributed by atoms with Gasteiger partial charge in [-0.25, -0.2) is 4.98 Å². The van der Waals surface area contributed by atoms with Crippen molar-refractivity contribution in [3.8, 4) is 11.5 Å². The second-order valence-electron chi connectivity index (χ2n) is 7.59. The van der Waals surface area contributed by atoms with Gasteiger partial charge in [0.25, 0.3) is 0 Å². The summed E-state index contributed by atoms with van der Waals surface area (Å²) >= 11 is 1.86. The van der Waals surface area contributed by atoms with Gasteiger partial charge in [-0.15, -0.1) is 11.3 Å². The van der Waals surface area contributed by atoms with Gasteiger partial charge in [-0.3, -0.25) is 4.90 Å². The first-order valence-electron chi connectivity index (χ1n) is 9.92. The molecule has 3 aliphatic heterocycles. The van der Waals surface area contributed by atoms with Crippen molar-refractivity contribution < 1.29 is 9.47 Å². The fourth-order valence-electron chi connectivity index (χ4n) is 4.18. The highest BCUT2D eigenvalue weighted by Gasteiger charge is 2.22. The van der Waals surface area contributed by atoms with Crippen LogP contribution in [0.25, 0.3) is 0 Å². The second-order valence-corrected chi connectivity index (χ2v) is 8.68. The topological polar surface area (TPSA) is 49.9 Å². The van der Waals surface area contributed by atoms with E-state index in [0.29, 0.717) is 12.8 Å². The Kier molecular flexibility index (Phi) is 4.80. The number of aromatic nitrogens is 1. The molecule has 3 aliphatic rings. The molecule has 5 rings (SSSR count). The summed E-state index contributed by atoms with van der Waals surface area (Å²) in [4.78, 5) is 11.0. The van der Waals surface area contributed by atoms with Crippen molar-refractivity contribution in [2.75, 3.05) is 43.2 Å². The number of fused-ring (bicyclic) bond motifs is 1. The second kappa shape index (κ2) is 7.56. The maximum absolute atomic E-state index is 5.49. The summed E-state index contributed by atoms with van der Waals surface area (Å²) in [5.41, 5.74) is 1.11. The van der Waals surface area contributed by atoms with E-state index in [1.54, 1.807) is 0 Å². The normalized spacial score (nSPS) is 22.4. The highest BCUT2D eigenvalue weighted by atomic mass is 32.1. The third kappa shape index (κ3) is 3.84. The average Bonchev–Trinajstić information content (AvgIpc) is 3.43. The number of nitrogens with zero attached hydrogens (tertiary/aromatic N) is 3. The lowest BCUT2D eigenvalue weighted by atomic mass is 10.1. The molecule has 7 heteroatoms. The van der Waals surface area contributed by atoms with E-state index in [9.17, 15) is 0 Å². The predicted octanol–water partition coefficient (Wildman–Crippen LogP) is 3.55. The lowest BCUT2D eigenvalue weighted by Gasteiger charge is -2.33. The molecule has 0 spiro atoms. The Labute approximate surface area is 164 Å². The maximum atomic E-state index is 5.49. The smallest absolute Gasteiger partial charge is 0.231 e.